The first kappa shape index (κ1) is 14.2. The van der Waals surface area contributed by atoms with Crippen molar-refractivity contribution in [1.82, 2.24) is 14.3 Å². The zero-order valence-corrected chi connectivity index (χ0v) is 10.8. The van der Waals surface area contributed by atoms with E-state index in [-0.39, 0.29) is 17.9 Å². The number of pyridine rings is 1. The van der Waals surface area contributed by atoms with Crippen LogP contribution in [0, 0.1) is 0 Å². The fraction of sp³-hybridized carbons (Fsp3) is 0.333. The molecule has 0 aromatic carbocycles. The molecule has 0 saturated heterocycles. The molecule has 0 amide bonds. The van der Waals surface area contributed by atoms with Crippen LogP contribution in [0.15, 0.2) is 29.3 Å². The SMILES string of the molecule is Cn1ncc(OCc2ccn(C)c(=O)c2)c1C(F)(F)F. The molecular weight excluding hydrogens is 275 g/mol. The predicted octanol–water partition coefficient (Wildman–Crippen LogP) is 1.72. The predicted molar refractivity (Wildman–Crippen MR) is 64.2 cm³/mol. The fourth-order valence-corrected chi connectivity index (χ4v) is 1.69. The Balaban J connectivity index is 2.19. The molecule has 0 unspecified atom stereocenters. The van der Waals surface area contributed by atoms with Gasteiger partial charge < -0.3 is 9.30 Å². The molecule has 0 radical (unpaired) electrons. The van der Waals surface area contributed by atoms with Crippen LogP contribution in [0.4, 0.5) is 13.2 Å². The Hall–Kier alpha value is -2.25. The minimum Gasteiger partial charge on any atom is -0.485 e. The molecule has 0 aliphatic carbocycles. The Morgan fingerprint density at radius 2 is 2.05 bits per heavy atom. The highest BCUT2D eigenvalue weighted by Crippen LogP contribution is 2.35. The largest absolute Gasteiger partial charge is 0.485 e. The molecule has 0 saturated carbocycles. The summed E-state index contributed by atoms with van der Waals surface area (Å²) in [7, 11) is 2.77. The molecule has 108 valence electrons. The van der Waals surface area contributed by atoms with E-state index in [0.29, 0.717) is 10.2 Å². The van der Waals surface area contributed by atoms with Gasteiger partial charge in [-0.25, -0.2) is 0 Å². The van der Waals surface area contributed by atoms with Crippen LogP contribution in [0.1, 0.15) is 11.3 Å². The van der Waals surface area contributed by atoms with Crippen molar-refractivity contribution in [3.05, 3.63) is 46.1 Å². The lowest BCUT2D eigenvalue weighted by Gasteiger charge is -2.11. The van der Waals surface area contributed by atoms with Crippen molar-refractivity contribution >= 4 is 0 Å². The average Bonchev–Trinajstić information content (AvgIpc) is 2.72. The number of alkyl halides is 3. The highest BCUT2D eigenvalue weighted by atomic mass is 19.4. The van der Waals surface area contributed by atoms with Crippen LogP contribution in [-0.4, -0.2) is 14.3 Å². The summed E-state index contributed by atoms with van der Waals surface area (Å²) in [6, 6.07) is 2.91. The van der Waals surface area contributed by atoms with Crippen molar-refractivity contribution in [2.45, 2.75) is 12.8 Å². The van der Waals surface area contributed by atoms with Gasteiger partial charge in [0, 0.05) is 26.4 Å². The van der Waals surface area contributed by atoms with E-state index in [4.69, 9.17) is 4.74 Å². The smallest absolute Gasteiger partial charge is 0.436 e. The first-order chi connectivity index (χ1) is 9.29. The molecule has 5 nitrogen and oxygen atoms in total. The second kappa shape index (κ2) is 5.03. The Morgan fingerprint density at radius 1 is 1.35 bits per heavy atom. The number of aryl methyl sites for hydroxylation is 2. The summed E-state index contributed by atoms with van der Waals surface area (Å²) >= 11 is 0. The lowest BCUT2D eigenvalue weighted by molar-refractivity contribution is -0.145. The third-order valence-corrected chi connectivity index (χ3v) is 2.74. The van der Waals surface area contributed by atoms with Crippen LogP contribution in [0.3, 0.4) is 0 Å². The van der Waals surface area contributed by atoms with Gasteiger partial charge in [0.15, 0.2) is 11.4 Å². The highest BCUT2D eigenvalue weighted by molar-refractivity contribution is 5.28. The number of hydrogen-bond donors (Lipinski definition) is 0. The quantitative estimate of drug-likeness (QED) is 0.863. The molecule has 0 aliphatic rings. The summed E-state index contributed by atoms with van der Waals surface area (Å²) in [6.45, 7) is -0.134. The summed E-state index contributed by atoms with van der Waals surface area (Å²) in [6.07, 6.45) is -2.02. The van der Waals surface area contributed by atoms with Gasteiger partial charge in [0.05, 0.1) is 6.20 Å². The number of halogens is 3. The highest BCUT2D eigenvalue weighted by Gasteiger charge is 2.38. The monoisotopic (exact) mass is 287 g/mol. The molecule has 2 heterocycles. The Labute approximate surface area is 112 Å². The molecule has 2 aromatic heterocycles. The van der Waals surface area contributed by atoms with E-state index in [0.717, 1.165) is 6.20 Å². The molecule has 2 aromatic rings. The number of rotatable bonds is 3. The Morgan fingerprint density at radius 3 is 2.65 bits per heavy atom. The molecule has 0 atom stereocenters. The molecular formula is C12H12F3N3O2. The van der Waals surface area contributed by atoms with Crippen molar-refractivity contribution in [3.63, 3.8) is 0 Å². The standard InChI is InChI=1S/C12H12F3N3O2/c1-17-4-3-8(5-10(17)19)7-20-9-6-16-18(2)11(9)12(13,14)15/h3-6H,7H2,1-2H3. The topological polar surface area (TPSA) is 49.0 Å². The van der Waals surface area contributed by atoms with Gasteiger partial charge in [0.1, 0.15) is 6.61 Å². The van der Waals surface area contributed by atoms with Gasteiger partial charge in [-0.05, 0) is 11.6 Å². The molecule has 0 aliphatic heterocycles. The van der Waals surface area contributed by atoms with Crippen LogP contribution in [0.25, 0.3) is 0 Å². The molecule has 0 N–H and O–H groups in total. The van der Waals surface area contributed by atoms with Gasteiger partial charge in [0.2, 0.25) is 0 Å². The maximum absolute atomic E-state index is 12.8. The average molecular weight is 287 g/mol. The summed E-state index contributed by atoms with van der Waals surface area (Å²) in [5, 5.41) is 3.53. The lowest BCUT2D eigenvalue weighted by atomic mass is 10.3. The van der Waals surface area contributed by atoms with Gasteiger partial charge in [-0.2, -0.15) is 18.3 Å². The summed E-state index contributed by atoms with van der Waals surface area (Å²) in [4.78, 5) is 11.4. The van der Waals surface area contributed by atoms with E-state index < -0.39 is 11.9 Å². The Kier molecular flexibility index (Phi) is 3.56. The third kappa shape index (κ3) is 2.84. The van der Waals surface area contributed by atoms with E-state index in [1.165, 1.54) is 23.9 Å². The van der Waals surface area contributed by atoms with Crippen molar-refractivity contribution in [3.8, 4) is 5.75 Å². The lowest BCUT2D eigenvalue weighted by Crippen LogP contribution is -2.16. The molecule has 0 fully saturated rings. The van der Waals surface area contributed by atoms with Gasteiger partial charge in [-0.15, -0.1) is 0 Å². The second-order valence-corrected chi connectivity index (χ2v) is 4.25. The minimum absolute atomic E-state index is 0.134. The van der Waals surface area contributed by atoms with Gasteiger partial charge in [0.25, 0.3) is 5.56 Å². The molecule has 8 heteroatoms. The third-order valence-electron chi connectivity index (χ3n) is 2.74. The van der Waals surface area contributed by atoms with Crippen molar-refractivity contribution in [2.24, 2.45) is 14.1 Å². The van der Waals surface area contributed by atoms with E-state index in [1.807, 2.05) is 0 Å². The number of aromatic nitrogens is 3. The number of hydrogen-bond acceptors (Lipinski definition) is 3. The van der Waals surface area contributed by atoms with Crippen LogP contribution in [0.2, 0.25) is 0 Å². The maximum Gasteiger partial charge on any atom is 0.436 e. The molecule has 0 spiro atoms. The maximum atomic E-state index is 12.8. The van der Waals surface area contributed by atoms with Crippen LogP contribution in [0.5, 0.6) is 5.75 Å². The first-order valence-electron chi connectivity index (χ1n) is 5.66. The van der Waals surface area contributed by atoms with Crippen molar-refractivity contribution in [2.75, 3.05) is 0 Å². The summed E-state index contributed by atoms with van der Waals surface area (Å²) in [5.74, 6) is -0.360. The number of ether oxygens (including phenoxy) is 1. The Bertz CT molecular complexity index is 673. The van der Waals surface area contributed by atoms with E-state index in [9.17, 15) is 18.0 Å². The van der Waals surface area contributed by atoms with Crippen LogP contribution < -0.4 is 10.3 Å². The van der Waals surface area contributed by atoms with Crippen molar-refractivity contribution < 1.29 is 17.9 Å². The summed E-state index contributed by atoms with van der Waals surface area (Å²) < 4.78 is 45.6. The van der Waals surface area contributed by atoms with Gasteiger partial charge in [-0.1, -0.05) is 0 Å². The van der Waals surface area contributed by atoms with Gasteiger partial charge >= 0.3 is 6.18 Å². The molecule has 20 heavy (non-hydrogen) atoms. The molecule has 2 rings (SSSR count). The zero-order valence-electron chi connectivity index (χ0n) is 10.8. The summed E-state index contributed by atoms with van der Waals surface area (Å²) in [5.41, 5.74) is -0.722. The van der Waals surface area contributed by atoms with E-state index in [2.05, 4.69) is 5.10 Å². The van der Waals surface area contributed by atoms with Crippen molar-refractivity contribution in [1.29, 1.82) is 0 Å². The molecule has 0 bridgehead atoms. The fourth-order valence-electron chi connectivity index (χ4n) is 1.69. The number of nitrogens with zero attached hydrogens (tertiary/aromatic N) is 3. The first-order valence-corrected chi connectivity index (χ1v) is 5.66. The van der Waals surface area contributed by atoms with Gasteiger partial charge in [-0.3, -0.25) is 9.48 Å². The normalized spacial score (nSPS) is 11.7. The van der Waals surface area contributed by atoms with E-state index >= 15 is 0 Å². The second-order valence-electron chi connectivity index (χ2n) is 4.25. The zero-order chi connectivity index (χ0) is 14.9. The van der Waals surface area contributed by atoms with Crippen LogP contribution >= 0.6 is 0 Å². The van der Waals surface area contributed by atoms with Crippen LogP contribution in [-0.2, 0) is 26.9 Å². The van der Waals surface area contributed by atoms with E-state index in [1.54, 1.807) is 13.1 Å². The minimum atomic E-state index is -4.55.